The number of carbonyl (C=O) groups excluding carboxylic acids is 2. The Kier molecular flexibility index (Phi) is 6.74. The Balaban J connectivity index is 1.39. The van der Waals surface area contributed by atoms with Crippen molar-refractivity contribution in [2.75, 3.05) is 25.0 Å². The Bertz CT molecular complexity index is 726. The van der Waals surface area contributed by atoms with Gasteiger partial charge >= 0.3 is 0 Å². The number of amides is 2. The van der Waals surface area contributed by atoms with Gasteiger partial charge in [-0.05, 0) is 31.5 Å². The van der Waals surface area contributed by atoms with Gasteiger partial charge in [-0.3, -0.25) is 14.5 Å². The van der Waals surface area contributed by atoms with Crippen molar-refractivity contribution in [2.24, 2.45) is 0 Å². The van der Waals surface area contributed by atoms with Crippen molar-refractivity contribution in [1.82, 2.24) is 15.2 Å². The minimum Gasteiger partial charge on any atom is -0.347 e. The first-order valence-corrected chi connectivity index (χ1v) is 9.84. The molecule has 3 rings (SSSR count). The predicted molar refractivity (Wildman–Crippen MR) is 103 cm³/mol. The van der Waals surface area contributed by atoms with E-state index in [1.54, 1.807) is 0 Å². The number of thiazole rings is 1. The first kappa shape index (κ1) is 18.5. The van der Waals surface area contributed by atoms with Crippen LogP contribution in [0.1, 0.15) is 30.5 Å². The number of carbonyl (C=O) groups is 2. The van der Waals surface area contributed by atoms with E-state index in [0.717, 1.165) is 30.9 Å². The second kappa shape index (κ2) is 9.45. The molecule has 0 saturated carbocycles. The zero-order valence-corrected chi connectivity index (χ0v) is 15.6. The maximum absolute atomic E-state index is 12.0. The highest BCUT2D eigenvalue weighted by atomic mass is 32.1. The zero-order chi connectivity index (χ0) is 18.2. The second-order valence-corrected chi connectivity index (χ2v) is 7.33. The number of hydrogen-bond donors (Lipinski definition) is 2. The fraction of sp³-hybridized carbons (Fsp3) is 0.421. The Morgan fingerprint density at radius 2 is 1.85 bits per heavy atom. The number of hydrogen-bond acceptors (Lipinski definition) is 5. The fourth-order valence-electron chi connectivity index (χ4n) is 2.97. The molecule has 1 fully saturated rings. The summed E-state index contributed by atoms with van der Waals surface area (Å²) in [4.78, 5) is 30.8. The first-order chi connectivity index (χ1) is 12.7. The third kappa shape index (κ3) is 5.93. The van der Waals surface area contributed by atoms with Gasteiger partial charge in [0.25, 0.3) is 0 Å². The molecule has 1 saturated heterocycles. The highest BCUT2D eigenvalue weighted by Gasteiger charge is 2.13. The molecule has 0 spiro atoms. The minimum absolute atomic E-state index is 0.0489. The number of anilines is 1. The van der Waals surface area contributed by atoms with Crippen molar-refractivity contribution in [3.05, 3.63) is 47.0 Å². The van der Waals surface area contributed by atoms with Crippen LogP contribution in [0, 0.1) is 0 Å². The number of piperidine rings is 1. The molecule has 0 aliphatic carbocycles. The molecule has 1 aliphatic rings. The molecular formula is C19H24N4O2S. The van der Waals surface area contributed by atoms with Crippen LogP contribution in [0.3, 0.4) is 0 Å². The average molecular weight is 372 g/mol. The molecule has 0 unspecified atom stereocenters. The molecule has 0 radical (unpaired) electrons. The highest BCUT2D eigenvalue weighted by Crippen LogP contribution is 2.18. The molecule has 2 heterocycles. The van der Waals surface area contributed by atoms with E-state index in [-0.39, 0.29) is 24.8 Å². The predicted octanol–water partition coefficient (Wildman–Crippen LogP) is 2.43. The monoisotopic (exact) mass is 372 g/mol. The maximum atomic E-state index is 12.0. The summed E-state index contributed by atoms with van der Waals surface area (Å²) in [6.07, 6.45) is 4.07. The van der Waals surface area contributed by atoms with Crippen molar-refractivity contribution in [2.45, 2.75) is 32.2 Å². The van der Waals surface area contributed by atoms with Crippen molar-refractivity contribution in [3.8, 4) is 0 Å². The quantitative estimate of drug-likeness (QED) is 0.783. The standard InChI is InChI=1S/C19H24N4O2S/c24-17(11-15-7-3-1-4-8-15)20-12-18(25)22-19-21-16(14-26-19)13-23-9-5-2-6-10-23/h1,3-4,7-8,14H,2,5-6,9-13H2,(H,20,24)(H,21,22,25). The van der Waals surface area contributed by atoms with Crippen LogP contribution < -0.4 is 10.6 Å². The molecule has 1 aromatic heterocycles. The number of nitrogens with one attached hydrogen (secondary N) is 2. The van der Waals surface area contributed by atoms with E-state index in [1.165, 1.54) is 30.6 Å². The third-order valence-electron chi connectivity index (χ3n) is 4.29. The lowest BCUT2D eigenvalue weighted by Gasteiger charge is -2.25. The van der Waals surface area contributed by atoms with Gasteiger partial charge in [-0.15, -0.1) is 11.3 Å². The van der Waals surface area contributed by atoms with Gasteiger partial charge in [0, 0.05) is 11.9 Å². The Morgan fingerprint density at radius 3 is 2.62 bits per heavy atom. The van der Waals surface area contributed by atoms with Gasteiger partial charge in [0.2, 0.25) is 11.8 Å². The summed E-state index contributed by atoms with van der Waals surface area (Å²) in [5, 5.41) is 7.96. The van der Waals surface area contributed by atoms with Gasteiger partial charge in [-0.1, -0.05) is 36.8 Å². The molecule has 26 heavy (non-hydrogen) atoms. The van der Waals surface area contributed by atoms with Gasteiger partial charge < -0.3 is 10.6 Å². The summed E-state index contributed by atoms with van der Waals surface area (Å²) in [6, 6.07) is 9.46. The van der Waals surface area contributed by atoms with E-state index >= 15 is 0 Å². The van der Waals surface area contributed by atoms with Crippen molar-refractivity contribution in [3.63, 3.8) is 0 Å². The summed E-state index contributed by atoms with van der Waals surface area (Å²) < 4.78 is 0. The van der Waals surface area contributed by atoms with E-state index in [0.29, 0.717) is 5.13 Å². The van der Waals surface area contributed by atoms with Crippen LogP contribution in [0.5, 0.6) is 0 Å². The number of likely N-dealkylation sites (tertiary alicyclic amines) is 1. The highest BCUT2D eigenvalue weighted by molar-refractivity contribution is 7.13. The number of nitrogens with zero attached hydrogens (tertiary/aromatic N) is 2. The van der Waals surface area contributed by atoms with Crippen molar-refractivity contribution in [1.29, 1.82) is 0 Å². The second-order valence-electron chi connectivity index (χ2n) is 6.47. The van der Waals surface area contributed by atoms with Gasteiger partial charge in [0.15, 0.2) is 5.13 Å². The largest absolute Gasteiger partial charge is 0.347 e. The summed E-state index contributed by atoms with van der Waals surface area (Å²) in [5.74, 6) is -0.429. The molecule has 6 nitrogen and oxygen atoms in total. The van der Waals surface area contributed by atoms with Gasteiger partial charge in [0.1, 0.15) is 0 Å². The Hall–Kier alpha value is -2.25. The normalized spacial score (nSPS) is 14.8. The van der Waals surface area contributed by atoms with Crippen LogP contribution in [0.15, 0.2) is 35.7 Å². The smallest absolute Gasteiger partial charge is 0.245 e. The average Bonchev–Trinajstić information content (AvgIpc) is 3.08. The van der Waals surface area contributed by atoms with Crippen molar-refractivity contribution < 1.29 is 9.59 Å². The Labute approximate surface area is 157 Å². The van der Waals surface area contributed by atoms with Gasteiger partial charge in [0.05, 0.1) is 18.7 Å². The van der Waals surface area contributed by atoms with Crippen LogP contribution in [-0.2, 0) is 22.6 Å². The lowest BCUT2D eigenvalue weighted by Crippen LogP contribution is -2.33. The van der Waals surface area contributed by atoms with Gasteiger partial charge in [-0.2, -0.15) is 0 Å². The van der Waals surface area contributed by atoms with Crippen LogP contribution in [0.4, 0.5) is 5.13 Å². The Morgan fingerprint density at radius 1 is 1.08 bits per heavy atom. The van der Waals surface area contributed by atoms with Gasteiger partial charge in [-0.25, -0.2) is 4.98 Å². The summed E-state index contributed by atoms with van der Waals surface area (Å²) in [5.41, 5.74) is 1.91. The summed E-state index contributed by atoms with van der Waals surface area (Å²) >= 11 is 1.42. The van der Waals surface area contributed by atoms with Crippen LogP contribution in [0.2, 0.25) is 0 Å². The lowest BCUT2D eigenvalue weighted by atomic mass is 10.1. The molecule has 0 bridgehead atoms. The number of rotatable bonds is 7. The van der Waals surface area contributed by atoms with E-state index in [4.69, 9.17) is 0 Å². The number of benzene rings is 1. The summed E-state index contributed by atoms with van der Waals surface area (Å²) in [6.45, 7) is 3.02. The molecule has 1 aliphatic heterocycles. The maximum Gasteiger partial charge on any atom is 0.245 e. The molecule has 2 N–H and O–H groups in total. The third-order valence-corrected chi connectivity index (χ3v) is 5.09. The van der Waals surface area contributed by atoms with Crippen LogP contribution >= 0.6 is 11.3 Å². The van der Waals surface area contributed by atoms with E-state index in [9.17, 15) is 9.59 Å². The molecule has 2 aromatic rings. The van der Waals surface area contributed by atoms with E-state index in [1.807, 2.05) is 35.7 Å². The molecule has 138 valence electrons. The topological polar surface area (TPSA) is 74.3 Å². The van der Waals surface area contributed by atoms with E-state index in [2.05, 4.69) is 20.5 Å². The summed E-state index contributed by atoms with van der Waals surface area (Å²) in [7, 11) is 0. The molecule has 2 amide bonds. The number of aromatic nitrogens is 1. The fourth-order valence-corrected chi connectivity index (χ4v) is 3.69. The van der Waals surface area contributed by atoms with Crippen LogP contribution in [0.25, 0.3) is 0 Å². The molecule has 1 aromatic carbocycles. The SMILES string of the molecule is O=C(Cc1ccccc1)NCC(=O)Nc1nc(CN2CCCCC2)cs1. The molecule has 0 atom stereocenters. The van der Waals surface area contributed by atoms with Crippen LogP contribution in [-0.4, -0.2) is 41.3 Å². The minimum atomic E-state index is -0.259. The first-order valence-electron chi connectivity index (χ1n) is 8.96. The molecular weight excluding hydrogens is 348 g/mol. The molecule has 7 heteroatoms. The zero-order valence-electron chi connectivity index (χ0n) is 14.7. The van der Waals surface area contributed by atoms with Crippen molar-refractivity contribution >= 4 is 28.3 Å². The lowest BCUT2D eigenvalue weighted by molar-refractivity contribution is -0.123. The van der Waals surface area contributed by atoms with E-state index < -0.39 is 0 Å².